The topological polar surface area (TPSA) is 291 Å². The molecule has 286 valence electrons. The number of rotatable bonds is 12. The summed E-state index contributed by atoms with van der Waals surface area (Å²) in [5.74, 6) is -5.53. The SMILES string of the molecule is COc1cc(N/N=C2\C=C(C(=O)O)C(=O)C(S(=O)(=O)O)=C2)c(C)cc1NC(=O)c1cccc(NC(=O)Nc2ccc(N/N=C3\C=CC(=O)C(C(=O)O)=C3)cc2)c1. The number of carboxylic acid groups (broad SMARTS) is 2. The molecule has 0 radical (unpaired) electrons. The molecule has 0 atom stereocenters. The number of aliphatic carboxylic acids is 2. The van der Waals surface area contributed by atoms with Crippen LogP contribution in [-0.2, 0) is 29.3 Å². The number of carbonyl (C=O) groups excluding carboxylic acids is 4. The monoisotopic (exact) mass is 783 g/mol. The predicted molar refractivity (Wildman–Crippen MR) is 204 cm³/mol. The number of aryl methyl sites for hydroxylation is 1. The van der Waals surface area contributed by atoms with Crippen molar-refractivity contribution in [1.82, 2.24) is 0 Å². The number of nitrogens with one attached hydrogen (secondary N) is 5. The Morgan fingerprint density at radius 3 is 2.02 bits per heavy atom. The number of urea groups is 1. The van der Waals surface area contributed by atoms with E-state index in [1.807, 2.05) is 0 Å². The molecule has 0 heterocycles. The summed E-state index contributed by atoms with van der Waals surface area (Å²) < 4.78 is 38.1. The van der Waals surface area contributed by atoms with E-state index in [9.17, 15) is 46.8 Å². The van der Waals surface area contributed by atoms with Crippen molar-refractivity contribution in [3.05, 3.63) is 118 Å². The maximum atomic E-state index is 13.3. The van der Waals surface area contributed by atoms with Crippen molar-refractivity contribution >= 4 is 85.4 Å². The first-order chi connectivity index (χ1) is 26.5. The Labute approximate surface area is 316 Å². The molecule has 0 aromatic heterocycles. The number of allylic oxidation sites excluding steroid dienone is 6. The summed E-state index contributed by atoms with van der Waals surface area (Å²) >= 11 is 0. The number of hydrogen-bond acceptors (Lipinski definition) is 13. The number of amides is 3. The molecule has 19 nitrogen and oxygen atoms in total. The molecule has 2 aliphatic rings. The summed E-state index contributed by atoms with van der Waals surface area (Å²) in [6.07, 6.45) is 5.15. The second-order valence-electron chi connectivity index (χ2n) is 11.6. The molecule has 0 saturated heterocycles. The van der Waals surface area contributed by atoms with Crippen LogP contribution in [0.4, 0.5) is 33.2 Å². The van der Waals surface area contributed by atoms with Gasteiger partial charge in [0.2, 0.25) is 5.78 Å². The van der Waals surface area contributed by atoms with Crippen LogP contribution in [0, 0.1) is 6.92 Å². The number of methoxy groups -OCH3 is 1. The lowest BCUT2D eigenvalue weighted by molar-refractivity contribution is -0.135. The van der Waals surface area contributed by atoms with Gasteiger partial charge in [-0.05, 0) is 91.4 Å². The molecule has 0 saturated carbocycles. The van der Waals surface area contributed by atoms with Crippen LogP contribution in [-0.4, -0.2) is 77.2 Å². The van der Waals surface area contributed by atoms with Crippen molar-refractivity contribution in [2.45, 2.75) is 6.92 Å². The minimum atomic E-state index is -5.06. The average Bonchev–Trinajstić information content (AvgIpc) is 3.14. The molecule has 0 fully saturated rings. The maximum absolute atomic E-state index is 13.3. The van der Waals surface area contributed by atoms with E-state index >= 15 is 0 Å². The van der Waals surface area contributed by atoms with Crippen molar-refractivity contribution in [2.75, 3.05) is 33.9 Å². The fraction of sp³-hybridized carbons (Fsp3) is 0.0556. The average molecular weight is 784 g/mol. The molecule has 3 aromatic carbocycles. The van der Waals surface area contributed by atoms with Crippen molar-refractivity contribution in [3.63, 3.8) is 0 Å². The molecule has 3 aromatic rings. The van der Waals surface area contributed by atoms with Gasteiger partial charge in [-0.3, -0.25) is 29.8 Å². The molecule has 5 rings (SSSR count). The van der Waals surface area contributed by atoms with Crippen molar-refractivity contribution < 1.29 is 56.7 Å². The van der Waals surface area contributed by atoms with Crippen LogP contribution in [0.5, 0.6) is 5.75 Å². The highest BCUT2D eigenvalue weighted by atomic mass is 32.2. The molecule has 0 bridgehead atoms. The number of carboxylic acids is 2. The van der Waals surface area contributed by atoms with Gasteiger partial charge in [0, 0.05) is 23.0 Å². The van der Waals surface area contributed by atoms with E-state index in [1.54, 1.807) is 43.3 Å². The summed E-state index contributed by atoms with van der Waals surface area (Å²) in [6.45, 7) is 1.64. The number of carbonyl (C=O) groups is 6. The summed E-state index contributed by atoms with van der Waals surface area (Å²) in [5.41, 5.74) is 6.35. The van der Waals surface area contributed by atoms with Gasteiger partial charge in [-0.2, -0.15) is 18.6 Å². The van der Waals surface area contributed by atoms with E-state index in [0.717, 1.165) is 18.2 Å². The Hall–Kier alpha value is -7.71. The van der Waals surface area contributed by atoms with Crippen LogP contribution >= 0.6 is 0 Å². The molecule has 2 aliphatic carbocycles. The quantitative estimate of drug-likeness (QED) is 0.0559. The lowest BCUT2D eigenvalue weighted by Gasteiger charge is -2.15. The number of ketones is 2. The number of nitrogens with zero attached hydrogens (tertiary/aromatic N) is 2. The highest BCUT2D eigenvalue weighted by molar-refractivity contribution is 7.91. The molecule has 20 heteroatoms. The normalized spacial score (nSPS) is 15.3. The molecule has 3 amide bonds. The first-order valence-corrected chi connectivity index (χ1v) is 17.3. The van der Waals surface area contributed by atoms with Gasteiger partial charge in [-0.1, -0.05) is 6.07 Å². The lowest BCUT2D eigenvalue weighted by atomic mass is 10.0. The molecular weight excluding hydrogens is 754 g/mol. The second kappa shape index (κ2) is 16.5. The van der Waals surface area contributed by atoms with Gasteiger partial charge in [0.05, 0.1) is 35.6 Å². The summed E-state index contributed by atoms with van der Waals surface area (Å²) in [6, 6.07) is 14.8. The number of anilines is 5. The van der Waals surface area contributed by atoms with Gasteiger partial charge in [0.1, 0.15) is 21.8 Å². The summed E-state index contributed by atoms with van der Waals surface area (Å²) in [7, 11) is -3.72. The Balaban J connectivity index is 1.21. The zero-order valence-electron chi connectivity index (χ0n) is 29.0. The minimum absolute atomic E-state index is 0.162. The van der Waals surface area contributed by atoms with Crippen LogP contribution < -0.4 is 31.5 Å². The largest absolute Gasteiger partial charge is 0.494 e. The fourth-order valence-corrected chi connectivity index (χ4v) is 5.55. The van der Waals surface area contributed by atoms with Crippen molar-refractivity contribution in [1.29, 1.82) is 0 Å². The van der Waals surface area contributed by atoms with Crippen LogP contribution in [0.15, 0.2) is 117 Å². The molecule has 56 heavy (non-hydrogen) atoms. The zero-order valence-corrected chi connectivity index (χ0v) is 29.8. The highest BCUT2D eigenvalue weighted by Gasteiger charge is 2.33. The van der Waals surface area contributed by atoms with Crippen LogP contribution in [0.1, 0.15) is 15.9 Å². The van der Waals surface area contributed by atoms with Crippen LogP contribution in [0.25, 0.3) is 0 Å². The molecule has 8 N–H and O–H groups in total. The van der Waals surface area contributed by atoms with Crippen molar-refractivity contribution in [2.24, 2.45) is 10.2 Å². The number of ether oxygens (including phenoxy) is 1. The standard InChI is InChI=1S/C36H29N7O12S/c1-18-12-28(30(55-2)17-27(18)43-42-24-15-26(35(49)50)32(45)31(16-24)56(52,53)54)39-33(46)19-4-3-5-22(13-19)38-36(51)37-20-6-8-21(9-7-20)40-41-23-10-11-29(44)25(14-23)34(47)48/h3-17,40,43H,1-2H3,(H,39,46)(H,47,48)(H,49,50)(H2,37,38,51)(H,52,53,54)/b41-23+,42-24+. The molecule has 0 aliphatic heterocycles. The third-order valence-electron chi connectivity index (χ3n) is 7.68. The first kappa shape index (κ1) is 39.5. The van der Waals surface area contributed by atoms with Gasteiger partial charge in [0.15, 0.2) is 5.78 Å². The molecular formula is C36H29N7O12S. The Bertz CT molecular complexity index is 2500. The van der Waals surface area contributed by atoms with E-state index in [0.29, 0.717) is 23.0 Å². The molecule has 0 spiro atoms. The van der Waals surface area contributed by atoms with Gasteiger partial charge >= 0.3 is 18.0 Å². The Morgan fingerprint density at radius 2 is 1.36 bits per heavy atom. The van der Waals surface area contributed by atoms with E-state index < -0.39 is 61.6 Å². The first-order valence-electron chi connectivity index (χ1n) is 15.8. The fourth-order valence-electron chi connectivity index (χ4n) is 4.94. The van der Waals surface area contributed by atoms with E-state index in [4.69, 9.17) is 9.84 Å². The smallest absolute Gasteiger partial charge is 0.339 e. The van der Waals surface area contributed by atoms with Gasteiger partial charge in [-0.15, -0.1) is 0 Å². The summed E-state index contributed by atoms with van der Waals surface area (Å²) in [5, 5.41) is 34.5. The van der Waals surface area contributed by atoms with E-state index in [1.165, 1.54) is 37.5 Å². The minimum Gasteiger partial charge on any atom is -0.494 e. The molecule has 0 unspecified atom stereocenters. The Morgan fingerprint density at radius 1 is 0.714 bits per heavy atom. The lowest BCUT2D eigenvalue weighted by Crippen LogP contribution is -2.24. The zero-order chi connectivity index (χ0) is 40.7. The van der Waals surface area contributed by atoms with Gasteiger partial charge < -0.3 is 30.9 Å². The Kier molecular flexibility index (Phi) is 11.7. The maximum Gasteiger partial charge on any atom is 0.339 e. The van der Waals surface area contributed by atoms with Crippen LogP contribution in [0.3, 0.4) is 0 Å². The van der Waals surface area contributed by atoms with Crippen LogP contribution in [0.2, 0.25) is 0 Å². The van der Waals surface area contributed by atoms with Gasteiger partial charge in [0.25, 0.3) is 16.0 Å². The number of hydrazone groups is 2. The number of hydrogen-bond donors (Lipinski definition) is 8. The predicted octanol–water partition coefficient (Wildman–Crippen LogP) is 3.95. The third kappa shape index (κ3) is 9.63. The highest BCUT2D eigenvalue weighted by Crippen LogP contribution is 2.32. The number of Topliss-reactive ketones (excluding diaryl/α,β-unsaturated/α-hetero) is 1. The van der Waals surface area contributed by atoms with Crippen molar-refractivity contribution in [3.8, 4) is 5.75 Å². The van der Waals surface area contributed by atoms with E-state index in [-0.39, 0.29) is 39.8 Å². The second-order valence-corrected chi connectivity index (χ2v) is 13.0. The van der Waals surface area contributed by atoms with E-state index in [2.05, 4.69) is 37.0 Å². The third-order valence-corrected chi connectivity index (χ3v) is 8.54. The number of benzene rings is 3. The van der Waals surface area contributed by atoms with Gasteiger partial charge in [-0.25, -0.2) is 14.4 Å². The summed E-state index contributed by atoms with van der Waals surface area (Å²) in [4.78, 5) is 71.3.